The van der Waals surface area contributed by atoms with E-state index in [1.54, 1.807) is 29.1 Å². The zero-order valence-corrected chi connectivity index (χ0v) is 15.9. The second-order valence-corrected chi connectivity index (χ2v) is 6.77. The van der Waals surface area contributed by atoms with Crippen molar-refractivity contribution in [1.29, 1.82) is 0 Å². The van der Waals surface area contributed by atoms with Gasteiger partial charge in [-0.05, 0) is 42.3 Å². The maximum atomic E-state index is 12.9. The Hall–Kier alpha value is -3.62. The van der Waals surface area contributed by atoms with Crippen LogP contribution in [0.1, 0.15) is 5.69 Å². The highest BCUT2D eigenvalue weighted by Crippen LogP contribution is 2.27. The first kappa shape index (κ1) is 19.7. The third kappa shape index (κ3) is 4.35. The van der Waals surface area contributed by atoms with Crippen molar-refractivity contribution in [2.75, 3.05) is 0 Å². The zero-order valence-electron chi connectivity index (χ0n) is 15.9. The number of aryl methyl sites for hydroxylation is 3. The third-order valence-corrected chi connectivity index (χ3v) is 4.59. The number of hydrogen-bond donors (Lipinski definition) is 0. The molecule has 4 aromatic rings. The van der Waals surface area contributed by atoms with Gasteiger partial charge in [0.1, 0.15) is 5.75 Å². The monoisotopic (exact) mass is 414 g/mol. The number of halogens is 3. The number of aromatic nitrogens is 4. The van der Waals surface area contributed by atoms with E-state index in [9.17, 15) is 18.0 Å². The van der Waals surface area contributed by atoms with Crippen molar-refractivity contribution >= 4 is 10.8 Å². The van der Waals surface area contributed by atoms with E-state index in [4.69, 9.17) is 0 Å². The largest absolute Gasteiger partial charge is 0.573 e. The van der Waals surface area contributed by atoms with E-state index in [0.29, 0.717) is 35.0 Å². The van der Waals surface area contributed by atoms with Gasteiger partial charge in [0.25, 0.3) is 5.56 Å². The van der Waals surface area contributed by atoms with E-state index in [1.807, 2.05) is 19.2 Å². The predicted octanol–water partition coefficient (Wildman–Crippen LogP) is 4.17. The molecule has 154 valence electrons. The van der Waals surface area contributed by atoms with Gasteiger partial charge in [-0.2, -0.15) is 10.2 Å². The van der Waals surface area contributed by atoms with Gasteiger partial charge < -0.3 is 4.74 Å². The number of alkyl halides is 3. The number of rotatable bonds is 5. The Labute approximate surface area is 169 Å². The zero-order chi connectivity index (χ0) is 21.3. The molecule has 6 nitrogen and oxygen atoms in total. The molecule has 0 spiro atoms. The number of fused-ring (bicyclic) bond motifs is 1. The van der Waals surface area contributed by atoms with E-state index >= 15 is 0 Å². The lowest BCUT2D eigenvalue weighted by Crippen LogP contribution is -2.25. The quantitative estimate of drug-likeness (QED) is 0.492. The first-order valence-corrected chi connectivity index (χ1v) is 9.15. The second kappa shape index (κ2) is 7.66. The Morgan fingerprint density at radius 3 is 2.40 bits per heavy atom. The Morgan fingerprint density at radius 2 is 1.73 bits per heavy atom. The minimum Gasteiger partial charge on any atom is -0.406 e. The average molecular weight is 414 g/mol. The second-order valence-electron chi connectivity index (χ2n) is 6.77. The maximum Gasteiger partial charge on any atom is 0.573 e. The summed E-state index contributed by atoms with van der Waals surface area (Å²) in [5.41, 5.74) is 2.03. The summed E-state index contributed by atoms with van der Waals surface area (Å²) < 4.78 is 44.0. The Balaban J connectivity index is 1.61. The molecule has 0 bridgehead atoms. The Bertz CT molecular complexity index is 1240. The van der Waals surface area contributed by atoms with Crippen molar-refractivity contribution in [3.63, 3.8) is 0 Å². The molecule has 0 aliphatic heterocycles. The lowest BCUT2D eigenvalue weighted by molar-refractivity contribution is -0.274. The maximum absolute atomic E-state index is 12.9. The summed E-state index contributed by atoms with van der Waals surface area (Å²) in [4.78, 5) is 12.9. The summed E-state index contributed by atoms with van der Waals surface area (Å²) in [6.45, 7) is 2.76. The lowest BCUT2D eigenvalue weighted by atomic mass is 10.0. The molecular formula is C21H17F3N4O2. The van der Waals surface area contributed by atoms with Crippen LogP contribution >= 0.6 is 0 Å². The van der Waals surface area contributed by atoms with Gasteiger partial charge in [0.2, 0.25) is 0 Å². The molecule has 0 saturated heterocycles. The molecule has 4 rings (SSSR count). The van der Waals surface area contributed by atoms with Crippen molar-refractivity contribution in [1.82, 2.24) is 19.6 Å². The third-order valence-electron chi connectivity index (χ3n) is 4.59. The molecule has 0 N–H and O–H groups in total. The minimum atomic E-state index is -4.74. The van der Waals surface area contributed by atoms with Crippen LogP contribution in [0.15, 0.2) is 65.7 Å². The Morgan fingerprint density at radius 1 is 1.00 bits per heavy atom. The number of benzene rings is 2. The highest BCUT2D eigenvalue weighted by Gasteiger charge is 2.30. The molecule has 9 heteroatoms. The molecule has 0 fully saturated rings. The van der Waals surface area contributed by atoms with Crippen LogP contribution in [-0.4, -0.2) is 25.9 Å². The van der Waals surface area contributed by atoms with Gasteiger partial charge in [-0.15, -0.1) is 13.2 Å². The van der Waals surface area contributed by atoms with Gasteiger partial charge in [-0.1, -0.05) is 24.3 Å². The molecule has 0 aliphatic rings. The summed E-state index contributed by atoms with van der Waals surface area (Å²) in [5, 5.41) is 9.68. The smallest absolute Gasteiger partial charge is 0.406 e. The van der Waals surface area contributed by atoms with Crippen molar-refractivity contribution < 1.29 is 17.9 Å². The first-order valence-electron chi connectivity index (χ1n) is 9.15. The molecule has 2 heterocycles. The van der Waals surface area contributed by atoms with Gasteiger partial charge in [-0.3, -0.25) is 9.48 Å². The van der Waals surface area contributed by atoms with Crippen LogP contribution in [0.2, 0.25) is 0 Å². The summed E-state index contributed by atoms with van der Waals surface area (Å²) in [7, 11) is 0. The standard InChI is InChI=1S/C21H17F3N4O2/c1-14-8-9-27(26-14)10-11-28-20(29)19-12-16(2-3-17(19)13-25-28)15-4-6-18(7-5-15)30-21(22,23)24/h2-9,12-13H,10-11H2,1H3. The summed E-state index contributed by atoms with van der Waals surface area (Å²) in [6, 6.07) is 12.7. The van der Waals surface area contributed by atoms with E-state index in [0.717, 1.165) is 5.69 Å². The van der Waals surface area contributed by atoms with Gasteiger partial charge in [-0.25, -0.2) is 4.68 Å². The fraction of sp³-hybridized carbons (Fsp3) is 0.190. The molecule has 0 atom stereocenters. The number of ether oxygens (including phenoxy) is 1. The summed E-state index contributed by atoms with van der Waals surface area (Å²) >= 11 is 0. The molecule has 2 aromatic carbocycles. The molecule has 0 radical (unpaired) electrons. The predicted molar refractivity (Wildman–Crippen MR) is 105 cm³/mol. The molecule has 0 saturated carbocycles. The Kier molecular flexibility index (Phi) is 5.03. The van der Waals surface area contributed by atoms with Crippen molar-refractivity contribution in [3.8, 4) is 16.9 Å². The number of hydrogen-bond acceptors (Lipinski definition) is 4. The van der Waals surface area contributed by atoms with E-state index < -0.39 is 6.36 Å². The average Bonchev–Trinajstić information content (AvgIpc) is 3.12. The number of nitrogens with zero attached hydrogens (tertiary/aromatic N) is 4. The van der Waals surface area contributed by atoms with Crippen molar-refractivity contribution in [2.45, 2.75) is 26.4 Å². The molecule has 0 aliphatic carbocycles. The van der Waals surface area contributed by atoms with Crippen LogP contribution < -0.4 is 10.3 Å². The molecule has 0 unspecified atom stereocenters. The molecule has 0 amide bonds. The molecule has 30 heavy (non-hydrogen) atoms. The van der Waals surface area contributed by atoms with E-state index in [-0.39, 0.29) is 11.3 Å². The first-order chi connectivity index (χ1) is 14.3. The normalized spacial score (nSPS) is 11.7. The van der Waals surface area contributed by atoms with E-state index in [2.05, 4.69) is 14.9 Å². The topological polar surface area (TPSA) is 61.9 Å². The highest BCUT2D eigenvalue weighted by atomic mass is 19.4. The summed E-state index contributed by atoms with van der Waals surface area (Å²) in [6.07, 6.45) is -1.28. The van der Waals surface area contributed by atoms with Crippen LogP contribution in [0, 0.1) is 6.92 Å². The van der Waals surface area contributed by atoms with Crippen LogP contribution in [-0.2, 0) is 13.1 Å². The van der Waals surface area contributed by atoms with Crippen molar-refractivity contribution in [3.05, 3.63) is 77.0 Å². The molecular weight excluding hydrogens is 397 g/mol. The minimum absolute atomic E-state index is 0.241. The van der Waals surface area contributed by atoms with Crippen LogP contribution in [0.4, 0.5) is 13.2 Å². The summed E-state index contributed by atoms with van der Waals surface area (Å²) in [5.74, 6) is -0.299. The SMILES string of the molecule is Cc1ccn(CCn2ncc3ccc(-c4ccc(OC(F)(F)F)cc4)cc3c2=O)n1. The molecule has 2 aromatic heterocycles. The van der Waals surface area contributed by atoms with Crippen LogP contribution in [0.25, 0.3) is 21.9 Å². The van der Waals surface area contributed by atoms with Crippen molar-refractivity contribution in [2.24, 2.45) is 0 Å². The van der Waals surface area contributed by atoms with Gasteiger partial charge in [0, 0.05) is 11.6 Å². The van der Waals surface area contributed by atoms with Gasteiger partial charge >= 0.3 is 6.36 Å². The fourth-order valence-corrected chi connectivity index (χ4v) is 3.15. The van der Waals surface area contributed by atoms with Crippen LogP contribution in [0.5, 0.6) is 5.75 Å². The van der Waals surface area contributed by atoms with Crippen LogP contribution in [0.3, 0.4) is 0 Å². The lowest BCUT2D eigenvalue weighted by Gasteiger charge is -2.10. The van der Waals surface area contributed by atoms with Gasteiger partial charge in [0.05, 0.1) is 30.4 Å². The fourth-order valence-electron chi connectivity index (χ4n) is 3.15. The highest BCUT2D eigenvalue weighted by molar-refractivity contribution is 5.86. The van der Waals surface area contributed by atoms with E-state index in [1.165, 1.54) is 28.9 Å². The van der Waals surface area contributed by atoms with Gasteiger partial charge in [0.15, 0.2) is 0 Å².